The molecule has 0 aromatic heterocycles. The lowest BCUT2D eigenvalue weighted by Gasteiger charge is -2.16. The van der Waals surface area contributed by atoms with E-state index >= 15 is 0 Å². The molecule has 0 atom stereocenters. The standard InChI is InChI=1S/C16H26N4O.HI/c1-4-12(5-2)10-19-16(18-3)20-11-13-6-8-14(9-7-13)15(17)21;/h6-9,12H,4-5,10-11H2,1-3H3,(H2,17,21)(H2,18,19,20);1H. The van der Waals surface area contributed by atoms with Gasteiger partial charge in [-0.1, -0.05) is 38.8 Å². The molecule has 0 aliphatic heterocycles. The van der Waals surface area contributed by atoms with Gasteiger partial charge in [0.2, 0.25) is 5.91 Å². The van der Waals surface area contributed by atoms with Crippen LogP contribution >= 0.6 is 24.0 Å². The Kier molecular flexibility index (Phi) is 10.6. The second kappa shape index (κ2) is 11.3. The van der Waals surface area contributed by atoms with Crippen LogP contribution in [-0.4, -0.2) is 25.5 Å². The van der Waals surface area contributed by atoms with E-state index in [0.29, 0.717) is 18.0 Å². The minimum atomic E-state index is -0.405. The molecule has 0 heterocycles. The van der Waals surface area contributed by atoms with Crippen molar-refractivity contribution in [2.24, 2.45) is 16.6 Å². The first-order valence-electron chi connectivity index (χ1n) is 7.43. The first-order valence-corrected chi connectivity index (χ1v) is 7.43. The zero-order chi connectivity index (χ0) is 15.7. The summed E-state index contributed by atoms with van der Waals surface area (Å²) in [6.45, 7) is 5.98. The van der Waals surface area contributed by atoms with Gasteiger partial charge in [0.25, 0.3) is 0 Å². The molecule has 0 spiro atoms. The maximum atomic E-state index is 11.0. The van der Waals surface area contributed by atoms with Crippen molar-refractivity contribution < 1.29 is 4.79 Å². The molecule has 4 N–H and O–H groups in total. The summed E-state index contributed by atoms with van der Waals surface area (Å²) in [5.74, 6) is 1.05. The summed E-state index contributed by atoms with van der Waals surface area (Å²) in [6, 6.07) is 7.25. The lowest BCUT2D eigenvalue weighted by atomic mass is 10.0. The molecule has 1 aromatic carbocycles. The van der Waals surface area contributed by atoms with Gasteiger partial charge in [-0.2, -0.15) is 0 Å². The van der Waals surface area contributed by atoms with Gasteiger partial charge in [-0.25, -0.2) is 0 Å². The van der Waals surface area contributed by atoms with E-state index in [4.69, 9.17) is 5.73 Å². The van der Waals surface area contributed by atoms with Crippen LogP contribution in [0.5, 0.6) is 0 Å². The number of carbonyl (C=O) groups is 1. The molecule has 0 aliphatic rings. The van der Waals surface area contributed by atoms with Gasteiger partial charge in [0.05, 0.1) is 0 Å². The number of benzene rings is 1. The molecule has 5 nitrogen and oxygen atoms in total. The number of nitrogens with two attached hydrogens (primary N) is 1. The van der Waals surface area contributed by atoms with Crippen LogP contribution in [0, 0.1) is 5.92 Å². The number of rotatable bonds is 7. The van der Waals surface area contributed by atoms with E-state index in [1.165, 1.54) is 0 Å². The van der Waals surface area contributed by atoms with Crippen LogP contribution in [0.2, 0.25) is 0 Å². The Labute approximate surface area is 150 Å². The Morgan fingerprint density at radius 1 is 1.18 bits per heavy atom. The van der Waals surface area contributed by atoms with Crippen molar-refractivity contribution in [3.8, 4) is 0 Å². The molecule has 6 heteroatoms. The van der Waals surface area contributed by atoms with Gasteiger partial charge in [-0.3, -0.25) is 9.79 Å². The average molecular weight is 418 g/mol. The minimum absolute atomic E-state index is 0. The Bertz CT molecular complexity index is 470. The zero-order valence-electron chi connectivity index (χ0n) is 13.6. The molecular weight excluding hydrogens is 391 g/mol. The van der Waals surface area contributed by atoms with Gasteiger partial charge in [0, 0.05) is 25.7 Å². The van der Waals surface area contributed by atoms with Crippen molar-refractivity contribution in [2.75, 3.05) is 13.6 Å². The summed E-state index contributed by atoms with van der Waals surface area (Å²) in [5, 5.41) is 6.60. The highest BCUT2D eigenvalue weighted by molar-refractivity contribution is 14.0. The summed E-state index contributed by atoms with van der Waals surface area (Å²) in [5.41, 5.74) is 6.82. The van der Waals surface area contributed by atoms with Crippen molar-refractivity contribution in [2.45, 2.75) is 33.2 Å². The summed E-state index contributed by atoms with van der Waals surface area (Å²) in [7, 11) is 1.76. The van der Waals surface area contributed by atoms with Gasteiger partial charge in [0.15, 0.2) is 5.96 Å². The molecule has 0 bridgehead atoms. The Morgan fingerprint density at radius 3 is 2.23 bits per heavy atom. The smallest absolute Gasteiger partial charge is 0.248 e. The van der Waals surface area contributed by atoms with E-state index in [1.54, 1.807) is 19.2 Å². The lowest BCUT2D eigenvalue weighted by Crippen LogP contribution is -2.39. The van der Waals surface area contributed by atoms with E-state index in [1.807, 2.05) is 12.1 Å². The summed E-state index contributed by atoms with van der Waals surface area (Å²) < 4.78 is 0. The average Bonchev–Trinajstić information content (AvgIpc) is 2.51. The van der Waals surface area contributed by atoms with Crippen molar-refractivity contribution in [1.29, 1.82) is 0 Å². The fraction of sp³-hybridized carbons (Fsp3) is 0.500. The molecule has 0 saturated heterocycles. The van der Waals surface area contributed by atoms with E-state index in [9.17, 15) is 4.79 Å². The van der Waals surface area contributed by atoms with Gasteiger partial charge in [0.1, 0.15) is 0 Å². The number of primary amides is 1. The molecule has 1 aromatic rings. The molecule has 1 amide bonds. The van der Waals surface area contributed by atoms with Crippen molar-refractivity contribution in [3.63, 3.8) is 0 Å². The largest absolute Gasteiger partial charge is 0.366 e. The number of halogens is 1. The van der Waals surface area contributed by atoms with Crippen LogP contribution < -0.4 is 16.4 Å². The molecule has 1 rings (SSSR count). The fourth-order valence-electron chi connectivity index (χ4n) is 2.01. The van der Waals surface area contributed by atoms with Crippen LogP contribution in [0.3, 0.4) is 0 Å². The second-order valence-electron chi connectivity index (χ2n) is 5.05. The number of carbonyl (C=O) groups excluding carboxylic acids is 1. The monoisotopic (exact) mass is 418 g/mol. The molecule has 0 saturated carbocycles. The maximum absolute atomic E-state index is 11.0. The SMILES string of the molecule is CCC(CC)CNC(=NC)NCc1ccc(C(N)=O)cc1.I. The van der Waals surface area contributed by atoms with Crippen molar-refractivity contribution in [1.82, 2.24) is 10.6 Å². The second-order valence-corrected chi connectivity index (χ2v) is 5.05. The highest BCUT2D eigenvalue weighted by Gasteiger charge is 2.05. The van der Waals surface area contributed by atoms with Gasteiger partial charge >= 0.3 is 0 Å². The van der Waals surface area contributed by atoms with Crippen LogP contribution in [0.4, 0.5) is 0 Å². The third-order valence-corrected chi connectivity index (χ3v) is 3.63. The van der Waals surface area contributed by atoms with Gasteiger partial charge in [-0.05, 0) is 23.6 Å². The first-order chi connectivity index (χ1) is 10.1. The molecule has 124 valence electrons. The quantitative estimate of drug-likeness (QED) is 0.362. The third kappa shape index (κ3) is 7.11. The van der Waals surface area contributed by atoms with E-state index < -0.39 is 5.91 Å². The van der Waals surface area contributed by atoms with Crippen LogP contribution in [0.25, 0.3) is 0 Å². The predicted molar refractivity (Wildman–Crippen MR) is 103 cm³/mol. The molecule has 0 radical (unpaired) electrons. The Hall–Kier alpha value is -1.31. The molecular formula is C16H27IN4O. The van der Waals surface area contributed by atoms with Crippen molar-refractivity contribution in [3.05, 3.63) is 35.4 Å². The molecule has 0 aliphatic carbocycles. The van der Waals surface area contributed by atoms with Gasteiger partial charge < -0.3 is 16.4 Å². The third-order valence-electron chi connectivity index (χ3n) is 3.63. The van der Waals surface area contributed by atoms with Crippen LogP contribution in [0.1, 0.15) is 42.6 Å². The fourth-order valence-corrected chi connectivity index (χ4v) is 2.01. The number of nitrogens with one attached hydrogen (secondary N) is 2. The lowest BCUT2D eigenvalue weighted by molar-refractivity contribution is 0.100. The highest BCUT2D eigenvalue weighted by atomic mass is 127. The number of nitrogens with zero attached hydrogens (tertiary/aromatic N) is 1. The van der Waals surface area contributed by atoms with E-state index in [2.05, 4.69) is 29.5 Å². The summed E-state index contributed by atoms with van der Waals surface area (Å²) in [4.78, 5) is 15.2. The maximum Gasteiger partial charge on any atom is 0.248 e. The summed E-state index contributed by atoms with van der Waals surface area (Å²) >= 11 is 0. The van der Waals surface area contributed by atoms with Gasteiger partial charge in [-0.15, -0.1) is 24.0 Å². The van der Waals surface area contributed by atoms with E-state index in [-0.39, 0.29) is 24.0 Å². The molecule has 0 unspecified atom stereocenters. The Balaban J connectivity index is 0.00000441. The normalized spacial score (nSPS) is 11.0. The Morgan fingerprint density at radius 2 is 1.77 bits per heavy atom. The first kappa shape index (κ1) is 20.7. The van der Waals surface area contributed by atoms with E-state index in [0.717, 1.165) is 30.9 Å². The molecule has 22 heavy (non-hydrogen) atoms. The number of hydrogen-bond acceptors (Lipinski definition) is 2. The summed E-state index contributed by atoms with van der Waals surface area (Å²) in [6.07, 6.45) is 2.32. The van der Waals surface area contributed by atoms with Crippen LogP contribution in [0.15, 0.2) is 29.3 Å². The molecule has 0 fully saturated rings. The zero-order valence-corrected chi connectivity index (χ0v) is 15.9. The number of amides is 1. The van der Waals surface area contributed by atoms with Crippen molar-refractivity contribution >= 4 is 35.8 Å². The topological polar surface area (TPSA) is 79.5 Å². The predicted octanol–water partition coefficient (Wildman–Crippen LogP) is 2.50. The minimum Gasteiger partial charge on any atom is -0.366 e. The highest BCUT2D eigenvalue weighted by Crippen LogP contribution is 2.05. The van der Waals surface area contributed by atoms with Crippen LogP contribution in [-0.2, 0) is 6.54 Å². The number of hydrogen-bond donors (Lipinski definition) is 3. The number of aliphatic imine (C=N–C) groups is 1. The number of guanidine groups is 1.